The number of aliphatic hydroxyl groups is 1. The predicted octanol–water partition coefficient (Wildman–Crippen LogP) is 3.15. The molecule has 0 aromatic rings. The Kier molecular flexibility index (Phi) is 5.46. The Morgan fingerprint density at radius 3 is 2.53 bits per heavy atom. The molecule has 0 bridgehead atoms. The summed E-state index contributed by atoms with van der Waals surface area (Å²) in [7, 11) is 0. The molecule has 1 N–H and O–H groups in total. The van der Waals surface area contributed by atoms with E-state index < -0.39 is 0 Å². The highest BCUT2D eigenvalue weighted by Crippen LogP contribution is 2.39. The molecule has 0 saturated heterocycles. The summed E-state index contributed by atoms with van der Waals surface area (Å²) in [5.74, 6) is 1.18. The summed E-state index contributed by atoms with van der Waals surface area (Å²) in [6.45, 7) is 14.8. The minimum Gasteiger partial charge on any atom is -0.393 e. The predicted molar refractivity (Wildman–Crippen MR) is 74.1 cm³/mol. The van der Waals surface area contributed by atoms with Gasteiger partial charge in [0.25, 0.3) is 0 Å². The Hall–Kier alpha value is -0.0800. The van der Waals surface area contributed by atoms with Gasteiger partial charge >= 0.3 is 0 Å². The fourth-order valence-electron chi connectivity index (χ4n) is 3.09. The minimum atomic E-state index is -0.0794. The SMILES string of the molecule is CCN(CC(C)C)CC1CC(C)(C)CCC1O. The number of nitrogens with zero attached hydrogens (tertiary/aromatic N) is 1. The summed E-state index contributed by atoms with van der Waals surface area (Å²) in [5.41, 5.74) is 0.418. The summed E-state index contributed by atoms with van der Waals surface area (Å²) >= 11 is 0. The number of aliphatic hydroxyl groups excluding tert-OH is 1. The molecule has 17 heavy (non-hydrogen) atoms. The highest BCUT2D eigenvalue weighted by atomic mass is 16.3. The average molecular weight is 241 g/mol. The Morgan fingerprint density at radius 2 is 2.00 bits per heavy atom. The molecule has 102 valence electrons. The molecule has 2 heteroatoms. The van der Waals surface area contributed by atoms with E-state index in [0.717, 1.165) is 26.1 Å². The van der Waals surface area contributed by atoms with Crippen molar-refractivity contribution >= 4 is 0 Å². The first kappa shape index (κ1) is 15.0. The second-order valence-electron chi connectivity index (χ2n) is 6.98. The maximum absolute atomic E-state index is 10.2. The van der Waals surface area contributed by atoms with Gasteiger partial charge < -0.3 is 10.0 Å². The maximum Gasteiger partial charge on any atom is 0.0581 e. The third-order valence-corrected chi connectivity index (χ3v) is 4.04. The molecule has 0 aliphatic heterocycles. The second kappa shape index (κ2) is 6.19. The van der Waals surface area contributed by atoms with E-state index in [1.54, 1.807) is 0 Å². The molecular formula is C15H31NO. The first-order valence-electron chi connectivity index (χ1n) is 7.24. The van der Waals surface area contributed by atoms with Gasteiger partial charge in [-0.3, -0.25) is 0 Å². The summed E-state index contributed by atoms with van der Waals surface area (Å²) in [6, 6.07) is 0. The van der Waals surface area contributed by atoms with Crippen LogP contribution in [0.25, 0.3) is 0 Å². The third kappa shape index (κ3) is 4.97. The first-order chi connectivity index (χ1) is 7.84. The van der Waals surface area contributed by atoms with Gasteiger partial charge in [-0.05, 0) is 43.1 Å². The van der Waals surface area contributed by atoms with Crippen LogP contribution >= 0.6 is 0 Å². The van der Waals surface area contributed by atoms with Crippen LogP contribution in [0.1, 0.15) is 53.9 Å². The van der Waals surface area contributed by atoms with Crippen LogP contribution in [0, 0.1) is 17.3 Å². The van der Waals surface area contributed by atoms with E-state index in [4.69, 9.17) is 0 Å². The zero-order valence-corrected chi connectivity index (χ0v) is 12.4. The van der Waals surface area contributed by atoms with Crippen LogP contribution in [-0.2, 0) is 0 Å². The van der Waals surface area contributed by atoms with Crippen LogP contribution in [0.4, 0.5) is 0 Å². The molecule has 1 aliphatic carbocycles. The van der Waals surface area contributed by atoms with Crippen LogP contribution in [0.15, 0.2) is 0 Å². The van der Waals surface area contributed by atoms with Crippen molar-refractivity contribution in [1.29, 1.82) is 0 Å². The van der Waals surface area contributed by atoms with Crippen LogP contribution in [0.5, 0.6) is 0 Å². The zero-order chi connectivity index (χ0) is 13.1. The minimum absolute atomic E-state index is 0.0794. The van der Waals surface area contributed by atoms with Crippen molar-refractivity contribution in [3.05, 3.63) is 0 Å². The van der Waals surface area contributed by atoms with Crippen molar-refractivity contribution in [2.45, 2.75) is 60.0 Å². The van der Waals surface area contributed by atoms with Crippen molar-refractivity contribution in [1.82, 2.24) is 4.90 Å². The van der Waals surface area contributed by atoms with Gasteiger partial charge in [-0.2, -0.15) is 0 Å². The first-order valence-corrected chi connectivity index (χ1v) is 7.24. The lowest BCUT2D eigenvalue weighted by atomic mass is 9.70. The molecule has 0 amide bonds. The van der Waals surface area contributed by atoms with E-state index >= 15 is 0 Å². The summed E-state index contributed by atoms with van der Waals surface area (Å²) in [4.78, 5) is 2.50. The van der Waals surface area contributed by atoms with Crippen molar-refractivity contribution in [3.63, 3.8) is 0 Å². The molecule has 2 nitrogen and oxygen atoms in total. The molecule has 0 heterocycles. The van der Waals surface area contributed by atoms with Gasteiger partial charge in [-0.25, -0.2) is 0 Å². The van der Waals surface area contributed by atoms with Gasteiger partial charge in [0.1, 0.15) is 0 Å². The van der Waals surface area contributed by atoms with Crippen molar-refractivity contribution in [2.24, 2.45) is 17.3 Å². The topological polar surface area (TPSA) is 23.5 Å². The summed E-state index contributed by atoms with van der Waals surface area (Å²) in [5, 5.41) is 10.2. The molecule has 1 saturated carbocycles. The molecule has 0 aromatic carbocycles. The lowest BCUT2D eigenvalue weighted by molar-refractivity contribution is 0.00345. The largest absolute Gasteiger partial charge is 0.393 e. The number of hydrogen-bond acceptors (Lipinski definition) is 2. The van der Waals surface area contributed by atoms with Crippen LogP contribution in [-0.4, -0.2) is 35.7 Å². The average Bonchev–Trinajstić information content (AvgIpc) is 2.21. The Bertz CT molecular complexity index is 225. The Balaban J connectivity index is 2.52. The van der Waals surface area contributed by atoms with E-state index in [-0.39, 0.29) is 6.10 Å². The van der Waals surface area contributed by atoms with Gasteiger partial charge in [-0.15, -0.1) is 0 Å². The van der Waals surface area contributed by atoms with Gasteiger partial charge in [-0.1, -0.05) is 34.6 Å². The van der Waals surface area contributed by atoms with Crippen LogP contribution in [0.3, 0.4) is 0 Å². The highest BCUT2D eigenvalue weighted by Gasteiger charge is 2.34. The van der Waals surface area contributed by atoms with Gasteiger partial charge in [0.15, 0.2) is 0 Å². The van der Waals surface area contributed by atoms with Crippen LogP contribution in [0.2, 0.25) is 0 Å². The number of rotatable bonds is 5. The lowest BCUT2D eigenvalue weighted by Gasteiger charge is -2.40. The fourth-order valence-corrected chi connectivity index (χ4v) is 3.09. The van der Waals surface area contributed by atoms with E-state index in [0.29, 0.717) is 17.3 Å². The Morgan fingerprint density at radius 1 is 1.35 bits per heavy atom. The summed E-state index contributed by atoms with van der Waals surface area (Å²) < 4.78 is 0. The van der Waals surface area contributed by atoms with Gasteiger partial charge in [0, 0.05) is 13.1 Å². The van der Waals surface area contributed by atoms with Crippen molar-refractivity contribution in [2.75, 3.05) is 19.6 Å². The summed E-state index contributed by atoms with van der Waals surface area (Å²) in [6.07, 6.45) is 3.24. The van der Waals surface area contributed by atoms with Crippen LogP contribution < -0.4 is 0 Å². The molecule has 0 spiro atoms. The van der Waals surface area contributed by atoms with Crippen molar-refractivity contribution < 1.29 is 5.11 Å². The van der Waals surface area contributed by atoms with E-state index in [9.17, 15) is 5.11 Å². The van der Waals surface area contributed by atoms with E-state index in [1.807, 2.05) is 0 Å². The molecular weight excluding hydrogens is 210 g/mol. The third-order valence-electron chi connectivity index (χ3n) is 4.04. The van der Waals surface area contributed by atoms with Gasteiger partial charge in [0.05, 0.1) is 6.10 Å². The molecule has 0 radical (unpaired) electrons. The monoisotopic (exact) mass is 241 g/mol. The molecule has 2 atom stereocenters. The highest BCUT2D eigenvalue weighted by molar-refractivity contribution is 4.86. The van der Waals surface area contributed by atoms with Gasteiger partial charge in [0.2, 0.25) is 0 Å². The normalized spacial score (nSPS) is 28.9. The number of hydrogen-bond donors (Lipinski definition) is 1. The molecule has 0 aromatic heterocycles. The molecule has 2 unspecified atom stereocenters. The standard InChI is InChI=1S/C15H31NO/c1-6-16(10-12(2)3)11-13-9-15(4,5)8-7-14(13)17/h12-14,17H,6-11H2,1-5H3. The fraction of sp³-hybridized carbons (Fsp3) is 1.00. The van der Waals surface area contributed by atoms with E-state index in [2.05, 4.69) is 39.5 Å². The second-order valence-corrected chi connectivity index (χ2v) is 6.98. The zero-order valence-electron chi connectivity index (χ0n) is 12.4. The molecule has 1 rings (SSSR count). The lowest BCUT2D eigenvalue weighted by Crippen LogP contribution is -2.42. The molecule has 1 fully saturated rings. The maximum atomic E-state index is 10.2. The quantitative estimate of drug-likeness (QED) is 0.799. The Labute approximate surface area is 107 Å². The van der Waals surface area contributed by atoms with E-state index in [1.165, 1.54) is 12.8 Å². The molecule has 1 aliphatic rings. The van der Waals surface area contributed by atoms with Crippen molar-refractivity contribution in [3.8, 4) is 0 Å². The smallest absolute Gasteiger partial charge is 0.0581 e.